The first-order valence-corrected chi connectivity index (χ1v) is 10.1. The quantitative estimate of drug-likeness (QED) is 0.630. The van der Waals surface area contributed by atoms with Crippen LogP contribution in [-0.2, 0) is 10.2 Å². The molecule has 2 aromatic carbocycles. The number of ether oxygens (including phenoxy) is 1. The van der Waals surface area contributed by atoms with Gasteiger partial charge in [0.2, 0.25) is 5.91 Å². The molecular weight excluding hydrogens is 364 g/mol. The minimum absolute atomic E-state index is 0.0400. The minimum atomic E-state index is -0.122. The highest BCUT2D eigenvalue weighted by Crippen LogP contribution is 2.24. The number of carbonyl (C=O) groups excluding carboxylic acids is 2. The third kappa shape index (κ3) is 7.60. The van der Waals surface area contributed by atoms with Crippen molar-refractivity contribution in [1.82, 2.24) is 10.6 Å². The highest BCUT2D eigenvalue weighted by atomic mass is 16.5. The minimum Gasteiger partial charge on any atom is -0.494 e. The second-order valence-corrected chi connectivity index (χ2v) is 8.15. The lowest BCUT2D eigenvalue weighted by Crippen LogP contribution is -2.34. The molecule has 5 nitrogen and oxygen atoms in total. The lowest BCUT2D eigenvalue weighted by atomic mass is 9.87. The molecule has 2 rings (SSSR count). The van der Waals surface area contributed by atoms with Crippen LogP contribution in [0, 0.1) is 6.92 Å². The van der Waals surface area contributed by atoms with E-state index in [9.17, 15) is 9.59 Å². The molecule has 5 heteroatoms. The number of hydrogen-bond donors (Lipinski definition) is 2. The number of carbonyl (C=O) groups is 2. The summed E-state index contributed by atoms with van der Waals surface area (Å²) in [5.41, 5.74) is 2.98. The van der Waals surface area contributed by atoms with Crippen molar-refractivity contribution in [2.75, 3.05) is 19.7 Å². The summed E-state index contributed by atoms with van der Waals surface area (Å²) in [5, 5.41) is 5.64. The van der Waals surface area contributed by atoms with E-state index in [1.54, 1.807) is 6.07 Å². The van der Waals surface area contributed by atoms with Gasteiger partial charge in [0, 0.05) is 25.1 Å². The van der Waals surface area contributed by atoms with Gasteiger partial charge in [-0.15, -0.1) is 0 Å². The molecular formula is C24H32N2O3. The molecule has 29 heavy (non-hydrogen) atoms. The zero-order chi connectivity index (χ0) is 21.3. The Morgan fingerprint density at radius 2 is 1.59 bits per heavy atom. The zero-order valence-electron chi connectivity index (χ0n) is 17.9. The summed E-state index contributed by atoms with van der Waals surface area (Å²) < 4.78 is 5.70. The van der Waals surface area contributed by atoms with E-state index in [4.69, 9.17) is 4.74 Å². The highest BCUT2D eigenvalue weighted by Gasteiger charge is 2.13. The number of rotatable bonds is 9. The summed E-state index contributed by atoms with van der Waals surface area (Å²) in [7, 11) is 0. The van der Waals surface area contributed by atoms with Crippen LogP contribution in [0.5, 0.6) is 5.75 Å². The summed E-state index contributed by atoms with van der Waals surface area (Å²) in [6, 6.07) is 15.5. The third-order valence-corrected chi connectivity index (χ3v) is 4.66. The highest BCUT2D eigenvalue weighted by molar-refractivity contribution is 5.95. The molecule has 0 radical (unpaired) electrons. The largest absolute Gasteiger partial charge is 0.494 e. The molecule has 0 aliphatic carbocycles. The first kappa shape index (κ1) is 22.5. The van der Waals surface area contributed by atoms with Crippen LogP contribution in [0.2, 0.25) is 0 Å². The van der Waals surface area contributed by atoms with Gasteiger partial charge in [-0.25, -0.2) is 0 Å². The van der Waals surface area contributed by atoms with Crippen molar-refractivity contribution >= 4 is 11.8 Å². The van der Waals surface area contributed by atoms with Gasteiger partial charge in [-0.2, -0.15) is 0 Å². The van der Waals surface area contributed by atoms with E-state index in [-0.39, 0.29) is 17.2 Å². The van der Waals surface area contributed by atoms with Gasteiger partial charge in [-0.3, -0.25) is 9.59 Å². The molecule has 0 saturated carbocycles. The second kappa shape index (κ2) is 10.6. The number of hydrogen-bond acceptors (Lipinski definition) is 3. The van der Waals surface area contributed by atoms with Gasteiger partial charge in [-0.05, 0) is 48.1 Å². The molecule has 0 heterocycles. The molecule has 0 spiro atoms. The van der Waals surface area contributed by atoms with Crippen molar-refractivity contribution < 1.29 is 14.3 Å². The smallest absolute Gasteiger partial charge is 0.251 e. The molecule has 156 valence electrons. The third-order valence-electron chi connectivity index (χ3n) is 4.66. The van der Waals surface area contributed by atoms with Crippen LogP contribution in [0.25, 0.3) is 0 Å². The Hall–Kier alpha value is -2.82. The molecule has 2 aromatic rings. The van der Waals surface area contributed by atoms with E-state index in [0.29, 0.717) is 38.1 Å². The Morgan fingerprint density at radius 3 is 2.24 bits per heavy atom. The summed E-state index contributed by atoms with van der Waals surface area (Å²) >= 11 is 0. The normalized spacial score (nSPS) is 11.0. The predicted molar refractivity (Wildman–Crippen MR) is 116 cm³/mol. The summed E-state index contributed by atoms with van der Waals surface area (Å²) in [5.74, 6) is 0.655. The molecule has 0 aliphatic heterocycles. The van der Waals surface area contributed by atoms with Crippen LogP contribution in [0.1, 0.15) is 55.1 Å². The van der Waals surface area contributed by atoms with Gasteiger partial charge in [0.1, 0.15) is 5.75 Å². The monoisotopic (exact) mass is 396 g/mol. The van der Waals surface area contributed by atoms with E-state index in [1.807, 2.05) is 37.3 Å². The van der Waals surface area contributed by atoms with Gasteiger partial charge in [0.05, 0.1) is 6.61 Å². The molecule has 2 N–H and O–H groups in total. The van der Waals surface area contributed by atoms with Gasteiger partial charge in [0.25, 0.3) is 5.91 Å². The lowest BCUT2D eigenvalue weighted by molar-refractivity contribution is -0.121. The number of amides is 2. The fraction of sp³-hybridized carbons (Fsp3) is 0.417. The Morgan fingerprint density at radius 1 is 0.931 bits per heavy atom. The van der Waals surface area contributed by atoms with E-state index in [0.717, 1.165) is 11.3 Å². The Labute approximate surface area is 173 Å². The van der Waals surface area contributed by atoms with Crippen LogP contribution < -0.4 is 15.4 Å². The number of aryl methyl sites for hydroxylation is 1. The van der Waals surface area contributed by atoms with Gasteiger partial charge < -0.3 is 15.4 Å². The maximum Gasteiger partial charge on any atom is 0.251 e. The van der Waals surface area contributed by atoms with Gasteiger partial charge >= 0.3 is 0 Å². The van der Waals surface area contributed by atoms with E-state index < -0.39 is 0 Å². The van der Waals surface area contributed by atoms with E-state index >= 15 is 0 Å². The van der Waals surface area contributed by atoms with Gasteiger partial charge in [-0.1, -0.05) is 51.1 Å². The molecule has 0 atom stereocenters. The van der Waals surface area contributed by atoms with Crippen LogP contribution in [0.3, 0.4) is 0 Å². The average molecular weight is 397 g/mol. The van der Waals surface area contributed by atoms with Crippen molar-refractivity contribution in [3.05, 3.63) is 65.2 Å². The van der Waals surface area contributed by atoms with Crippen molar-refractivity contribution in [3.63, 3.8) is 0 Å². The Balaban J connectivity index is 1.58. The van der Waals surface area contributed by atoms with Crippen molar-refractivity contribution in [1.29, 1.82) is 0 Å². The fourth-order valence-corrected chi connectivity index (χ4v) is 2.86. The molecule has 2 amide bonds. The topological polar surface area (TPSA) is 67.4 Å². The standard InChI is InChI=1S/C24H32N2O3/c1-18-8-5-6-9-21(18)23(28)26-16-15-25-22(27)10-7-17-29-20-13-11-19(12-14-20)24(2,3)4/h5-6,8-9,11-14H,7,10,15-17H2,1-4H3,(H,25,27)(H,26,28). The van der Waals surface area contributed by atoms with Crippen LogP contribution in [0.4, 0.5) is 0 Å². The number of nitrogens with one attached hydrogen (secondary N) is 2. The maximum absolute atomic E-state index is 12.1. The van der Waals surface area contributed by atoms with Crippen LogP contribution in [0.15, 0.2) is 48.5 Å². The first-order valence-electron chi connectivity index (χ1n) is 10.1. The number of benzene rings is 2. The summed E-state index contributed by atoms with van der Waals surface area (Å²) in [6.45, 7) is 9.73. The zero-order valence-corrected chi connectivity index (χ0v) is 17.9. The second-order valence-electron chi connectivity index (χ2n) is 8.15. The summed E-state index contributed by atoms with van der Waals surface area (Å²) in [6.07, 6.45) is 1.04. The maximum atomic E-state index is 12.1. The Bertz CT molecular complexity index is 808. The van der Waals surface area contributed by atoms with E-state index in [1.165, 1.54) is 5.56 Å². The van der Waals surface area contributed by atoms with Crippen molar-refractivity contribution in [3.8, 4) is 5.75 Å². The fourth-order valence-electron chi connectivity index (χ4n) is 2.86. The average Bonchev–Trinajstić information content (AvgIpc) is 2.68. The molecule has 0 saturated heterocycles. The van der Waals surface area contributed by atoms with Crippen molar-refractivity contribution in [2.45, 2.75) is 46.0 Å². The van der Waals surface area contributed by atoms with Crippen molar-refractivity contribution in [2.24, 2.45) is 0 Å². The predicted octanol–water partition coefficient (Wildman–Crippen LogP) is 4.00. The Kier molecular flexibility index (Phi) is 8.25. The summed E-state index contributed by atoms with van der Waals surface area (Å²) in [4.78, 5) is 24.0. The molecule has 0 aliphatic rings. The molecule has 0 unspecified atom stereocenters. The molecule has 0 aromatic heterocycles. The van der Waals surface area contributed by atoms with Gasteiger partial charge in [0.15, 0.2) is 0 Å². The first-order chi connectivity index (χ1) is 13.8. The molecule has 0 fully saturated rings. The van der Waals surface area contributed by atoms with E-state index in [2.05, 4.69) is 43.5 Å². The van der Waals surface area contributed by atoms with Crippen LogP contribution in [-0.4, -0.2) is 31.5 Å². The van der Waals surface area contributed by atoms with Crippen LogP contribution >= 0.6 is 0 Å². The molecule has 0 bridgehead atoms. The lowest BCUT2D eigenvalue weighted by Gasteiger charge is -2.19. The SMILES string of the molecule is Cc1ccccc1C(=O)NCCNC(=O)CCCOc1ccc(C(C)(C)C)cc1.